The van der Waals surface area contributed by atoms with E-state index in [1.165, 1.54) is 22.9 Å². The molecule has 128 valence electrons. The van der Waals surface area contributed by atoms with Crippen LogP contribution in [0, 0.1) is 13.8 Å². The number of carbonyl (C=O) groups is 2. The first-order valence-electron chi connectivity index (χ1n) is 7.46. The molecule has 0 spiro atoms. The van der Waals surface area contributed by atoms with Gasteiger partial charge in [0.15, 0.2) is 18.3 Å². The second-order valence-electron chi connectivity index (χ2n) is 5.33. The lowest BCUT2D eigenvalue weighted by Gasteiger charge is -2.05. The Morgan fingerprint density at radius 1 is 1.24 bits per heavy atom. The molecule has 25 heavy (non-hydrogen) atoms. The third-order valence-electron chi connectivity index (χ3n) is 3.52. The molecule has 0 radical (unpaired) electrons. The quantitative estimate of drug-likeness (QED) is 0.560. The van der Waals surface area contributed by atoms with Crippen molar-refractivity contribution >= 4 is 11.8 Å². The number of imidazole rings is 1. The average molecular weight is 341 g/mol. The summed E-state index contributed by atoms with van der Waals surface area (Å²) >= 11 is 0. The minimum Gasteiger partial charge on any atom is -0.454 e. The topological polar surface area (TPSA) is 107 Å². The highest BCUT2D eigenvalue weighted by Crippen LogP contribution is 2.12. The molecular weight excluding hydrogens is 326 g/mol. The lowest BCUT2D eigenvalue weighted by atomic mass is 10.2. The maximum atomic E-state index is 12.0. The number of oxazole rings is 1. The van der Waals surface area contributed by atoms with Crippen LogP contribution in [0.4, 0.5) is 0 Å². The zero-order chi connectivity index (χ0) is 18.0. The van der Waals surface area contributed by atoms with Crippen molar-refractivity contribution < 1.29 is 18.7 Å². The molecule has 8 heteroatoms. The van der Waals surface area contributed by atoms with Crippen molar-refractivity contribution in [3.8, 4) is 5.69 Å². The molecule has 2 aromatic heterocycles. The Balaban J connectivity index is 1.65. The average Bonchev–Trinajstić information content (AvgIpc) is 3.17. The predicted molar refractivity (Wildman–Crippen MR) is 87.0 cm³/mol. The molecule has 0 aliphatic heterocycles. The molecule has 1 N–H and O–H groups in total. The number of nitrogens with one attached hydrogen (secondary N) is 1. The third kappa shape index (κ3) is 3.42. The van der Waals surface area contributed by atoms with Gasteiger partial charge in [0.25, 0.3) is 0 Å². The van der Waals surface area contributed by atoms with E-state index in [1.807, 2.05) is 0 Å². The van der Waals surface area contributed by atoms with Crippen LogP contribution in [0.1, 0.15) is 32.5 Å². The molecule has 8 nitrogen and oxygen atoms in total. The summed E-state index contributed by atoms with van der Waals surface area (Å²) in [6, 6.07) is 6.26. The fourth-order valence-electron chi connectivity index (χ4n) is 2.35. The van der Waals surface area contributed by atoms with Gasteiger partial charge in [-0.2, -0.15) is 0 Å². The number of hydrogen-bond donors (Lipinski definition) is 1. The standard InChI is InChI=1S/C17H15N3O5/c1-10-15(25-11(2)19-10)14(21)9-24-16(22)12-3-5-13(6-4-12)20-8-7-18-17(20)23/h3-8H,9H2,1-2H3,(H,18,23). The molecule has 0 fully saturated rings. The van der Waals surface area contributed by atoms with E-state index in [0.29, 0.717) is 17.3 Å². The third-order valence-corrected chi connectivity index (χ3v) is 3.52. The largest absolute Gasteiger partial charge is 0.454 e. The number of carbonyl (C=O) groups excluding carboxylic acids is 2. The summed E-state index contributed by atoms with van der Waals surface area (Å²) in [7, 11) is 0. The molecule has 0 saturated carbocycles. The van der Waals surface area contributed by atoms with Gasteiger partial charge in [0.1, 0.15) is 0 Å². The van der Waals surface area contributed by atoms with E-state index in [2.05, 4.69) is 9.97 Å². The first-order valence-corrected chi connectivity index (χ1v) is 7.46. The number of esters is 1. The number of ketones is 1. The first kappa shape index (κ1) is 16.4. The smallest absolute Gasteiger partial charge is 0.338 e. The van der Waals surface area contributed by atoms with E-state index in [-0.39, 0.29) is 17.0 Å². The zero-order valence-corrected chi connectivity index (χ0v) is 13.6. The SMILES string of the molecule is Cc1nc(C)c(C(=O)COC(=O)c2ccc(-n3cc[nH]c3=O)cc2)o1. The predicted octanol–water partition coefficient (Wildman–Crippen LogP) is 1.81. The zero-order valence-electron chi connectivity index (χ0n) is 13.6. The molecule has 3 rings (SSSR count). The lowest BCUT2D eigenvalue weighted by Crippen LogP contribution is -2.15. The maximum absolute atomic E-state index is 12.0. The van der Waals surface area contributed by atoms with Crippen molar-refractivity contribution in [3.63, 3.8) is 0 Å². The van der Waals surface area contributed by atoms with Crippen LogP contribution in [0.5, 0.6) is 0 Å². The summed E-state index contributed by atoms with van der Waals surface area (Å²) in [6.07, 6.45) is 3.10. The van der Waals surface area contributed by atoms with E-state index >= 15 is 0 Å². The molecule has 0 aliphatic carbocycles. The Morgan fingerprint density at radius 3 is 2.52 bits per heavy atom. The van der Waals surface area contributed by atoms with Crippen molar-refractivity contribution in [2.24, 2.45) is 0 Å². The second kappa shape index (κ2) is 6.60. The maximum Gasteiger partial charge on any atom is 0.338 e. The number of aryl methyl sites for hydroxylation is 2. The Labute approximate surface area is 142 Å². The van der Waals surface area contributed by atoms with Crippen molar-refractivity contribution in [2.45, 2.75) is 13.8 Å². The molecule has 0 bridgehead atoms. The Morgan fingerprint density at radius 2 is 1.96 bits per heavy atom. The molecule has 0 saturated heterocycles. The molecule has 0 unspecified atom stereocenters. The van der Waals surface area contributed by atoms with Crippen molar-refractivity contribution in [2.75, 3.05) is 6.61 Å². The van der Waals surface area contributed by atoms with E-state index in [4.69, 9.17) is 9.15 Å². The number of rotatable bonds is 5. The van der Waals surface area contributed by atoms with Crippen molar-refractivity contribution in [1.29, 1.82) is 0 Å². The molecule has 2 heterocycles. The highest BCUT2D eigenvalue weighted by Gasteiger charge is 2.18. The summed E-state index contributed by atoms with van der Waals surface area (Å²) in [6.45, 7) is 2.84. The minimum absolute atomic E-state index is 0.0903. The van der Waals surface area contributed by atoms with Crippen molar-refractivity contribution in [1.82, 2.24) is 14.5 Å². The van der Waals surface area contributed by atoms with Crippen LogP contribution in [0.15, 0.2) is 45.9 Å². The Kier molecular flexibility index (Phi) is 4.34. The summed E-state index contributed by atoms with van der Waals surface area (Å²) in [5.41, 5.74) is 1.05. The number of hydrogen-bond acceptors (Lipinski definition) is 6. The number of benzene rings is 1. The highest BCUT2D eigenvalue weighted by molar-refractivity contribution is 5.98. The Bertz CT molecular complexity index is 978. The highest BCUT2D eigenvalue weighted by atomic mass is 16.5. The summed E-state index contributed by atoms with van der Waals surface area (Å²) < 4.78 is 11.6. The fraction of sp³-hybridized carbons (Fsp3) is 0.176. The number of aromatic nitrogens is 3. The van der Waals surface area contributed by atoms with Gasteiger partial charge >= 0.3 is 11.7 Å². The summed E-state index contributed by atoms with van der Waals surface area (Å²) in [5.74, 6) is -0.632. The fourth-order valence-corrected chi connectivity index (χ4v) is 2.35. The number of nitrogens with zero attached hydrogens (tertiary/aromatic N) is 2. The van der Waals surface area contributed by atoms with Gasteiger partial charge in [-0.1, -0.05) is 0 Å². The number of ether oxygens (including phenoxy) is 1. The Hall–Kier alpha value is -3.42. The van der Waals surface area contributed by atoms with Gasteiger partial charge in [0.05, 0.1) is 16.9 Å². The van der Waals surface area contributed by atoms with E-state index in [0.717, 1.165) is 0 Å². The molecule has 0 aliphatic rings. The molecule has 0 amide bonds. The van der Waals surface area contributed by atoms with Crippen molar-refractivity contribution in [3.05, 3.63) is 70.1 Å². The van der Waals surface area contributed by atoms with Gasteiger partial charge in [-0.05, 0) is 31.2 Å². The monoisotopic (exact) mass is 341 g/mol. The normalized spacial score (nSPS) is 10.6. The summed E-state index contributed by atoms with van der Waals surface area (Å²) in [4.78, 5) is 42.1. The van der Waals surface area contributed by atoms with Crippen LogP contribution >= 0.6 is 0 Å². The van der Waals surface area contributed by atoms with Gasteiger partial charge in [-0.3, -0.25) is 9.36 Å². The molecule has 3 aromatic rings. The molecule has 1 aromatic carbocycles. The molecular formula is C17H15N3O5. The lowest BCUT2D eigenvalue weighted by molar-refractivity contribution is 0.0467. The van der Waals surface area contributed by atoms with Gasteiger partial charge in [0.2, 0.25) is 5.78 Å². The van der Waals surface area contributed by atoms with Gasteiger partial charge in [-0.25, -0.2) is 14.6 Å². The second-order valence-corrected chi connectivity index (χ2v) is 5.33. The minimum atomic E-state index is -0.643. The van der Waals surface area contributed by atoms with Gasteiger partial charge < -0.3 is 14.1 Å². The van der Waals surface area contributed by atoms with Crippen LogP contribution in [-0.2, 0) is 4.74 Å². The van der Waals surface area contributed by atoms with Crippen LogP contribution < -0.4 is 5.69 Å². The van der Waals surface area contributed by atoms with Gasteiger partial charge in [-0.15, -0.1) is 0 Å². The number of Topliss-reactive ketones (excluding diaryl/α,β-unsaturated/α-hetero) is 1. The molecule has 0 atom stereocenters. The summed E-state index contributed by atoms with van der Waals surface area (Å²) in [5, 5.41) is 0. The first-order chi connectivity index (χ1) is 12.0. The van der Waals surface area contributed by atoms with Crippen LogP contribution in [0.3, 0.4) is 0 Å². The number of aromatic amines is 1. The van der Waals surface area contributed by atoms with E-state index in [1.54, 1.807) is 32.2 Å². The van der Waals surface area contributed by atoms with Crippen LogP contribution in [0.25, 0.3) is 5.69 Å². The van der Waals surface area contributed by atoms with Crippen LogP contribution in [-0.4, -0.2) is 32.9 Å². The van der Waals surface area contributed by atoms with Gasteiger partial charge in [0, 0.05) is 19.3 Å². The number of H-pyrrole nitrogens is 1. The van der Waals surface area contributed by atoms with E-state index < -0.39 is 18.4 Å². The van der Waals surface area contributed by atoms with Crippen LogP contribution in [0.2, 0.25) is 0 Å². The van der Waals surface area contributed by atoms with E-state index in [9.17, 15) is 14.4 Å².